The van der Waals surface area contributed by atoms with Crippen LogP contribution in [0.1, 0.15) is 21.7 Å². The number of aryl methyl sites for hydroxylation is 2. The maximum atomic E-state index is 11.9. The summed E-state index contributed by atoms with van der Waals surface area (Å²) < 4.78 is 1.59. The van der Waals surface area contributed by atoms with Gasteiger partial charge < -0.3 is 11.1 Å². The van der Waals surface area contributed by atoms with Crippen LogP contribution >= 0.6 is 0 Å². The Labute approximate surface area is 105 Å². The number of nitrogens with two attached hydrogens (primary N) is 1. The lowest BCUT2D eigenvalue weighted by Gasteiger charge is -2.06. The molecule has 1 amide bonds. The van der Waals surface area contributed by atoms with Gasteiger partial charge in [-0.05, 0) is 24.6 Å². The first-order valence-corrected chi connectivity index (χ1v) is 5.55. The third kappa shape index (κ3) is 2.65. The molecular formula is C12H15N5O. The molecule has 18 heavy (non-hydrogen) atoms. The fourth-order valence-corrected chi connectivity index (χ4v) is 1.61. The molecule has 0 aliphatic carbocycles. The van der Waals surface area contributed by atoms with Crippen LogP contribution in [0.4, 0.5) is 5.69 Å². The predicted molar refractivity (Wildman–Crippen MR) is 67.8 cm³/mol. The number of benzene rings is 1. The third-order valence-corrected chi connectivity index (χ3v) is 2.51. The van der Waals surface area contributed by atoms with Crippen molar-refractivity contribution in [3.05, 3.63) is 41.5 Å². The van der Waals surface area contributed by atoms with Crippen LogP contribution in [0.2, 0.25) is 0 Å². The number of anilines is 1. The van der Waals surface area contributed by atoms with Gasteiger partial charge in [-0.25, -0.2) is 4.98 Å². The molecule has 0 aliphatic rings. The molecule has 0 bridgehead atoms. The average Bonchev–Trinajstić information content (AvgIpc) is 2.72. The van der Waals surface area contributed by atoms with Crippen LogP contribution in [0.3, 0.4) is 0 Å². The maximum Gasteiger partial charge on any atom is 0.253 e. The number of amides is 1. The molecule has 0 unspecified atom stereocenters. The van der Waals surface area contributed by atoms with Crippen molar-refractivity contribution in [1.29, 1.82) is 0 Å². The first kappa shape index (κ1) is 12.1. The van der Waals surface area contributed by atoms with Gasteiger partial charge in [0.2, 0.25) is 0 Å². The van der Waals surface area contributed by atoms with Gasteiger partial charge in [0.15, 0.2) is 5.82 Å². The summed E-state index contributed by atoms with van der Waals surface area (Å²) in [6, 6.07) is 5.34. The van der Waals surface area contributed by atoms with Gasteiger partial charge in [-0.3, -0.25) is 9.48 Å². The van der Waals surface area contributed by atoms with E-state index in [2.05, 4.69) is 15.4 Å². The normalized spacial score (nSPS) is 10.3. The van der Waals surface area contributed by atoms with Crippen LogP contribution in [0.5, 0.6) is 0 Å². The first-order valence-electron chi connectivity index (χ1n) is 5.55. The Morgan fingerprint density at radius 2 is 2.28 bits per heavy atom. The zero-order chi connectivity index (χ0) is 13.1. The van der Waals surface area contributed by atoms with E-state index in [1.807, 2.05) is 13.0 Å². The van der Waals surface area contributed by atoms with Gasteiger partial charge in [0.1, 0.15) is 6.33 Å². The second-order valence-electron chi connectivity index (χ2n) is 4.11. The fourth-order valence-electron chi connectivity index (χ4n) is 1.61. The number of nitrogen functional groups attached to an aromatic ring is 1. The molecule has 6 nitrogen and oxygen atoms in total. The smallest absolute Gasteiger partial charge is 0.253 e. The first-order chi connectivity index (χ1) is 8.56. The summed E-state index contributed by atoms with van der Waals surface area (Å²) >= 11 is 0. The van der Waals surface area contributed by atoms with Gasteiger partial charge in [-0.2, -0.15) is 5.10 Å². The molecule has 0 atom stereocenters. The Balaban J connectivity index is 2.03. The lowest BCUT2D eigenvalue weighted by Crippen LogP contribution is -2.24. The minimum atomic E-state index is -0.222. The summed E-state index contributed by atoms with van der Waals surface area (Å²) in [6.07, 6.45) is 1.59. The van der Waals surface area contributed by atoms with Crippen LogP contribution in [0.15, 0.2) is 24.5 Å². The van der Waals surface area contributed by atoms with E-state index in [-0.39, 0.29) is 12.5 Å². The summed E-state index contributed by atoms with van der Waals surface area (Å²) in [5.74, 6) is 0.344. The lowest BCUT2D eigenvalue weighted by molar-refractivity contribution is 0.0950. The molecule has 0 fully saturated rings. The molecule has 0 radical (unpaired) electrons. The van der Waals surface area contributed by atoms with E-state index < -0.39 is 0 Å². The van der Waals surface area contributed by atoms with Crippen LogP contribution < -0.4 is 11.1 Å². The van der Waals surface area contributed by atoms with Crippen LogP contribution in [0.25, 0.3) is 0 Å². The molecule has 3 N–H and O–H groups in total. The van der Waals surface area contributed by atoms with Crippen molar-refractivity contribution in [2.24, 2.45) is 7.05 Å². The van der Waals surface area contributed by atoms with E-state index in [1.165, 1.54) is 0 Å². The molecule has 0 spiro atoms. The zero-order valence-corrected chi connectivity index (χ0v) is 10.3. The van der Waals surface area contributed by atoms with E-state index in [1.54, 1.807) is 30.2 Å². The molecule has 0 saturated carbocycles. The Morgan fingerprint density at radius 3 is 2.89 bits per heavy atom. The molecule has 0 aliphatic heterocycles. The van der Waals surface area contributed by atoms with Gasteiger partial charge in [0.05, 0.1) is 12.1 Å². The molecule has 2 rings (SSSR count). The van der Waals surface area contributed by atoms with Gasteiger partial charge in [0, 0.05) is 12.7 Å². The maximum absolute atomic E-state index is 11.9. The standard InChI is InChI=1S/C12H15N5O/c1-8-3-4-9(10(13)5-8)12(18)14-6-11-15-7-17(2)16-11/h3-5,7H,6,13H2,1-2H3,(H,14,18). The highest BCUT2D eigenvalue weighted by molar-refractivity contribution is 5.99. The van der Waals surface area contributed by atoms with E-state index in [4.69, 9.17) is 5.73 Å². The highest BCUT2D eigenvalue weighted by Gasteiger charge is 2.10. The van der Waals surface area contributed by atoms with Crippen molar-refractivity contribution < 1.29 is 4.79 Å². The van der Waals surface area contributed by atoms with Crippen LogP contribution in [-0.4, -0.2) is 20.7 Å². The monoisotopic (exact) mass is 245 g/mol. The quantitative estimate of drug-likeness (QED) is 0.777. The van der Waals surface area contributed by atoms with E-state index in [0.29, 0.717) is 17.1 Å². The number of hydrogen-bond acceptors (Lipinski definition) is 4. The molecule has 1 heterocycles. The van der Waals surface area contributed by atoms with Gasteiger partial charge >= 0.3 is 0 Å². The number of rotatable bonds is 3. The minimum Gasteiger partial charge on any atom is -0.398 e. The number of hydrogen-bond donors (Lipinski definition) is 2. The number of carbonyl (C=O) groups is 1. The Hall–Kier alpha value is -2.37. The van der Waals surface area contributed by atoms with Crippen molar-refractivity contribution >= 4 is 11.6 Å². The van der Waals surface area contributed by atoms with Gasteiger partial charge in [-0.1, -0.05) is 6.07 Å². The number of carbonyl (C=O) groups excluding carboxylic acids is 1. The number of aromatic nitrogens is 3. The predicted octanol–water partition coefficient (Wildman–Crippen LogP) is 0.636. The molecule has 1 aromatic carbocycles. The zero-order valence-electron chi connectivity index (χ0n) is 10.3. The van der Waals surface area contributed by atoms with Crippen molar-refractivity contribution in [3.63, 3.8) is 0 Å². The highest BCUT2D eigenvalue weighted by atomic mass is 16.1. The summed E-state index contributed by atoms with van der Waals surface area (Å²) in [7, 11) is 1.77. The lowest BCUT2D eigenvalue weighted by atomic mass is 10.1. The number of nitrogens with zero attached hydrogens (tertiary/aromatic N) is 3. The molecule has 1 aromatic heterocycles. The van der Waals surface area contributed by atoms with Crippen molar-refractivity contribution in [3.8, 4) is 0 Å². The van der Waals surface area contributed by atoms with Crippen molar-refractivity contribution in [1.82, 2.24) is 20.1 Å². The highest BCUT2D eigenvalue weighted by Crippen LogP contribution is 2.13. The molecule has 2 aromatic rings. The Kier molecular flexibility index (Phi) is 3.27. The molecule has 6 heteroatoms. The van der Waals surface area contributed by atoms with Crippen molar-refractivity contribution in [2.75, 3.05) is 5.73 Å². The summed E-state index contributed by atoms with van der Waals surface area (Å²) in [5.41, 5.74) is 7.77. The topological polar surface area (TPSA) is 85.8 Å². The molecule has 94 valence electrons. The second-order valence-corrected chi connectivity index (χ2v) is 4.11. The van der Waals surface area contributed by atoms with Gasteiger partial charge in [0.25, 0.3) is 5.91 Å². The minimum absolute atomic E-state index is 0.222. The largest absolute Gasteiger partial charge is 0.398 e. The Bertz CT molecular complexity index is 576. The summed E-state index contributed by atoms with van der Waals surface area (Å²) in [5, 5.41) is 6.80. The second kappa shape index (κ2) is 4.87. The van der Waals surface area contributed by atoms with E-state index in [9.17, 15) is 4.79 Å². The Morgan fingerprint density at radius 1 is 1.50 bits per heavy atom. The summed E-state index contributed by atoms with van der Waals surface area (Å²) in [6.45, 7) is 2.21. The molecular weight excluding hydrogens is 230 g/mol. The van der Waals surface area contributed by atoms with E-state index >= 15 is 0 Å². The van der Waals surface area contributed by atoms with Crippen LogP contribution in [0, 0.1) is 6.92 Å². The fraction of sp³-hybridized carbons (Fsp3) is 0.250. The van der Waals surface area contributed by atoms with Gasteiger partial charge in [-0.15, -0.1) is 0 Å². The summed E-state index contributed by atoms with van der Waals surface area (Å²) in [4.78, 5) is 15.9. The SMILES string of the molecule is Cc1ccc(C(=O)NCc2ncn(C)n2)c(N)c1. The number of nitrogens with one attached hydrogen (secondary N) is 1. The van der Waals surface area contributed by atoms with Crippen LogP contribution in [-0.2, 0) is 13.6 Å². The third-order valence-electron chi connectivity index (χ3n) is 2.51. The van der Waals surface area contributed by atoms with E-state index in [0.717, 1.165) is 5.56 Å². The average molecular weight is 245 g/mol. The molecule has 0 saturated heterocycles. The van der Waals surface area contributed by atoms with Crippen molar-refractivity contribution in [2.45, 2.75) is 13.5 Å².